The van der Waals surface area contributed by atoms with E-state index in [0.29, 0.717) is 12.1 Å². The van der Waals surface area contributed by atoms with Gasteiger partial charge in [-0.3, -0.25) is 0 Å². The molecule has 1 atom stereocenters. The summed E-state index contributed by atoms with van der Waals surface area (Å²) in [4.78, 5) is 0.947. The highest BCUT2D eigenvalue weighted by Crippen LogP contribution is 2.28. The van der Waals surface area contributed by atoms with E-state index in [-0.39, 0.29) is 18.3 Å². The minimum Gasteiger partial charge on any atom is -0.396 e. The van der Waals surface area contributed by atoms with Gasteiger partial charge in [0.25, 0.3) is 0 Å². The maximum Gasteiger partial charge on any atom is 0.131 e. The molecule has 0 radical (unpaired) electrons. The van der Waals surface area contributed by atoms with Crippen LogP contribution in [0.1, 0.15) is 12.5 Å². The van der Waals surface area contributed by atoms with E-state index in [4.69, 9.17) is 5.11 Å². The highest BCUT2D eigenvalue weighted by atomic mass is 32.1. The number of aliphatic hydroxyl groups is 1. The summed E-state index contributed by atoms with van der Waals surface area (Å²) in [5.74, 6) is 0.0483. The minimum atomic E-state index is -0.185. The van der Waals surface area contributed by atoms with Crippen molar-refractivity contribution in [3.63, 3.8) is 0 Å². The molecule has 1 unspecified atom stereocenters. The first-order valence-corrected chi connectivity index (χ1v) is 7.22. The lowest BCUT2D eigenvalue weighted by Crippen LogP contribution is -2.22. The summed E-state index contributed by atoms with van der Waals surface area (Å²) in [6.07, 6.45) is 0. The number of hydrogen-bond donors (Lipinski definition) is 2. The normalized spacial score (nSPS) is 12.6. The topological polar surface area (TPSA) is 32.3 Å². The molecule has 2 rings (SSSR count). The van der Waals surface area contributed by atoms with Crippen molar-refractivity contribution in [3.8, 4) is 10.4 Å². The van der Waals surface area contributed by atoms with Crippen molar-refractivity contribution in [1.29, 1.82) is 0 Å². The van der Waals surface area contributed by atoms with Gasteiger partial charge in [0.1, 0.15) is 5.82 Å². The first kappa shape index (κ1) is 14.2. The molecule has 0 fully saturated rings. The quantitative estimate of drug-likeness (QED) is 0.850. The van der Waals surface area contributed by atoms with Crippen LogP contribution in [0.4, 0.5) is 4.39 Å². The number of halogens is 1. The van der Waals surface area contributed by atoms with Gasteiger partial charge in [-0.05, 0) is 35.1 Å². The molecule has 102 valence electrons. The van der Waals surface area contributed by atoms with Gasteiger partial charge in [-0.2, -0.15) is 0 Å². The van der Waals surface area contributed by atoms with E-state index in [1.54, 1.807) is 6.07 Å². The third kappa shape index (κ3) is 3.86. The predicted octanol–water partition coefficient (Wildman–Crippen LogP) is 3.27. The monoisotopic (exact) mass is 279 g/mol. The van der Waals surface area contributed by atoms with Crippen molar-refractivity contribution in [3.05, 3.63) is 47.1 Å². The second-order valence-corrected chi connectivity index (χ2v) is 5.66. The van der Waals surface area contributed by atoms with Gasteiger partial charge in [-0.1, -0.05) is 19.1 Å². The molecule has 0 aliphatic heterocycles. The standard InChI is InChI=1S/C15H18FNOS/c1-11(10-18)8-17-9-12-4-5-14(16)13(7-12)15-3-2-6-19-15/h2-7,11,17-18H,8-10H2,1H3. The van der Waals surface area contributed by atoms with Crippen LogP contribution in [0.2, 0.25) is 0 Å². The van der Waals surface area contributed by atoms with Crippen LogP contribution in [0, 0.1) is 11.7 Å². The van der Waals surface area contributed by atoms with E-state index in [1.165, 1.54) is 17.4 Å². The lowest BCUT2D eigenvalue weighted by molar-refractivity contribution is 0.233. The van der Waals surface area contributed by atoms with E-state index in [2.05, 4.69) is 5.32 Å². The molecule has 0 saturated heterocycles. The molecular weight excluding hydrogens is 261 g/mol. The van der Waals surface area contributed by atoms with Crippen LogP contribution >= 0.6 is 11.3 Å². The molecule has 0 amide bonds. The molecule has 1 heterocycles. The maximum absolute atomic E-state index is 13.8. The molecule has 19 heavy (non-hydrogen) atoms. The Hall–Kier alpha value is -1.23. The summed E-state index contributed by atoms with van der Waals surface area (Å²) in [6.45, 7) is 3.59. The molecule has 0 aliphatic rings. The van der Waals surface area contributed by atoms with E-state index >= 15 is 0 Å². The van der Waals surface area contributed by atoms with Crippen LogP contribution < -0.4 is 5.32 Å². The van der Waals surface area contributed by atoms with E-state index < -0.39 is 0 Å². The molecule has 2 nitrogen and oxygen atoms in total. The average Bonchev–Trinajstić information content (AvgIpc) is 2.94. The summed E-state index contributed by atoms with van der Waals surface area (Å²) in [6, 6.07) is 9.05. The molecule has 1 aromatic heterocycles. The van der Waals surface area contributed by atoms with Crippen molar-refractivity contribution in [2.24, 2.45) is 5.92 Å². The van der Waals surface area contributed by atoms with E-state index in [1.807, 2.05) is 30.5 Å². The van der Waals surface area contributed by atoms with Gasteiger partial charge in [0.2, 0.25) is 0 Å². The first-order chi connectivity index (χ1) is 9.20. The van der Waals surface area contributed by atoms with Crippen LogP contribution in [0.5, 0.6) is 0 Å². The third-order valence-corrected chi connectivity index (χ3v) is 3.85. The summed E-state index contributed by atoms with van der Waals surface area (Å²) in [7, 11) is 0. The van der Waals surface area contributed by atoms with E-state index in [0.717, 1.165) is 17.0 Å². The van der Waals surface area contributed by atoms with Crippen LogP contribution in [0.15, 0.2) is 35.7 Å². The Balaban J connectivity index is 2.05. The Morgan fingerprint density at radius 3 is 2.89 bits per heavy atom. The van der Waals surface area contributed by atoms with Gasteiger partial charge in [0.05, 0.1) is 0 Å². The summed E-state index contributed by atoms with van der Waals surface area (Å²) < 4.78 is 13.8. The summed E-state index contributed by atoms with van der Waals surface area (Å²) in [5.41, 5.74) is 1.71. The molecule has 0 saturated carbocycles. The average molecular weight is 279 g/mol. The zero-order valence-corrected chi connectivity index (χ0v) is 11.7. The minimum absolute atomic E-state index is 0.177. The zero-order chi connectivity index (χ0) is 13.7. The van der Waals surface area contributed by atoms with Crippen molar-refractivity contribution < 1.29 is 9.50 Å². The molecule has 1 aromatic carbocycles. The Kier molecular flexibility index (Phi) is 5.07. The summed E-state index contributed by atoms with van der Waals surface area (Å²) >= 11 is 1.54. The lowest BCUT2D eigenvalue weighted by atomic mass is 10.1. The highest BCUT2D eigenvalue weighted by Gasteiger charge is 2.07. The third-order valence-electron chi connectivity index (χ3n) is 2.95. The van der Waals surface area contributed by atoms with Crippen LogP contribution in [-0.2, 0) is 6.54 Å². The highest BCUT2D eigenvalue weighted by molar-refractivity contribution is 7.13. The number of thiophene rings is 1. The second kappa shape index (κ2) is 6.80. The van der Waals surface area contributed by atoms with Gasteiger partial charge >= 0.3 is 0 Å². The molecule has 2 N–H and O–H groups in total. The molecule has 2 aromatic rings. The lowest BCUT2D eigenvalue weighted by Gasteiger charge is -2.10. The van der Waals surface area contributed by atoms with Crippen molar-refractivity contribution in [2.75, 3.05) is 13.2 Å². The SMILES string of the molecule is CC(CO)CNCc1ccc(F)c(-c2cccs2)c1. The summed E-state index contributed by atoms with van der Waals surface area (Å²) in [5, 5.41) is 14.2. The fraction of sp³-hybridized carbons (Fsp3) is 0.333. The van der Waals surface area contributed by atoms with Gasteiger partial charge in [-0.25, -0.2) is 4.39 Å². The molecule has 0 aliphatic carbocycles. The Morgan fingerprint density at radius 1 is 1.37 bits per heavy atom. The molecular formula is C15H18FNOS. The van der Waals surface area contributed by atoms with Crippen molar-refractivity contribution in [2.45, 2.75) is 13.5 Å². The fourth-order valence-electron chi connectivity index (χ4n) is 1.83. The number of nitrogens with one attached hydrogen (secondary N) is 1. The van der Waals surface area contributed by atoms with Crippen LogP contribution in [0.25, 0.3) is 10.4 Å². The molecule has 4 heteroatoms. The number of aliphatic hydroxyl groups excluding tert-OH is 1. The number of benzene rings is 1. The number of hydrogen-bond acceptors (Lipinski definition) is 3. The van der Waals surface area contributed by atoms with Gasteiger partial charge < -0.3 is 10.4 Å². The second-order valence-electron chi connectivity index (χ2n) is 4.71. The maximum atomic E-state index is 13.8. The molecule has 0 bridgehead atoms. The molecule has 0 spiro atoms. The predicted molar refractivity (Wildman–Crippen MR) is 77.7 cm³/mol. The fourth-order valence-corrected chi connectivity index (χ4v) is 2.57. The van der Waals surface area contributed by atoms with Gasteiger partial charge in [0.15, 0.2) is 0 Å². The van der Waals surface area contributed by atoms with Crippen molar-refractivity contribution >= 4 is 11.3 Å². The van der Waals surface area contributed by atoms with Crippen LogP contribution in [0.3, 0.4) is 0 Å². The Bertz CT molecular complexity index is 513. The van der Waals surface area contributed by atoms with E-state index in [9.17, 15) is 4.39 Å². The van der Waals surface area contributed by atoms with Crippen LogP contribution in [-0.4, -0.2) is 18.3 Å². The van der Waals surface area contributed by atoms with Gasteiger partial charge in [0, 0.05) is 30.1 Å². The largest absolute Gasteiger partial charge is 0.396 e. The first-order valence-electron chi connectivity index (χ1n) is 6.34. The Labute approximate surface area is 116 Å². The van der Waals surface area contributed by atoms with Crippen molar-refractivity contribution in [1.82, 2.24) is 5.32 Å². The Morgan fingerprint density at radius 2 is 2.21 bits per heavy atom. The number of rotatable bonds is 6. The van der Waals surface area contributed by atoms with Gasteiger partial charge in [-0.15, -0.1) is 11.3 Å². The zero-order valence-electron chi connectivity index (χ0n) is 10.9. The smallest absolute Gasteiger partial charge is 0.131 e.